The highest BCUT2D eigenvalue weighted by molar-refractivity contribution is 5.85. The number of anilines is 6. The lowest BCUT2D eigenvalue weighted by Gasteiger charge is -2.31. The lowest BCUT2D eigenvalue weighted by molar-refractivity contribution is 0.340. The summed E-state index contributed by atoms with van der Waals surface area (Å²) < 4.78 is 11.3. The van der Waals surface area contributed by atoms with E-state index in [1.165, 1.54) is 33.6 Å². The molecule has 0 spiro atoms. The Hall–Kier alpha value is -6.78. The molecule has 4 nitrogen and oxygen atoms in total. The second-order valence-corrected chi connectivity index (χ2v) is 15.0. The highest BCUT2D eigenvalue weighted by atomic mass is 16.5. The molecule has 0 atom stereocenters. The van der Waals surface area contributed by atoms with E-state index >= 15 is 0 Å². The number of ether oxygens (including phenoxy) is 2. The van der Waals surface area contributed by atoms with Crippen molar-refractivity contribution in [2.24, 2.45) is 0 Å². The summed E-state index contributed by atoms with van der Waals surface area (Å²) in [5, 5.41) is 0. The van der Waals surface area contributed by atoms with Crippen LogP contribution in [0.3, 0.4) is 0 Å². The third-order valence-electron chi connectivity index (χ3n) is 10.7. The van der Waals surface area contributed by atoms with Gasteiger partial charge in [-0.3, -0.25) is 0 Å². The first-order valence-electron chi connectivity index (χ1n) is 21.3. The Morgan fingerprint density at radius 2 is 0.733 bits per heavy atom. The second kappa shape index (κ2) is 19.8. The Balaban J connectivity index is 1.26. The van der Waals surface area contributed by atoms with Crippen molar-refractivity contribution >= 4 is 58.4 Å². The third kappa shape index (κ3) is 10.1. The van der Waals surface area contributed by atoms with E-state index in [0.29, 0.717) is 13.2 Å². The maximum atomic E-state index is 5.63. The summed E-state index contributed by atoms with van der Waals surface area (Å²) in [6, 6.07) is 56.8. The lowest BCUT2D eigenvalue weighted by Crippen LogP contribution is -2.15. The molecule has 0 amide bonds. The fourth-order valence-corrected chi connectivity index (χ4v) is 7.59. The molecule has 7 aromatic carbocycles. The molecule has 0 fully saturated rings. The molecule has 0 heterocycles. The van der Waals surface area contributed by atoms with Crippen LogP contribution in [0.4, 0.5) is 34.1 Å². The highest BCUT2D eigenvalue weighted by Crippen LogP contribution is 2.43. The first-order valence-corrected chi connectivity index (χ1v) is 21.3. The Bertz CT molecular complexity index is 2360. The van der Waals surface area contributed by atoms with Crippen molar-refractivity contribution in [3.05, 3.63) is 202 Å². The van der Waals surface area contributed by atoms with Crippen LogP contribution in [0.15, 0.2) is 158 Å². The lowest BCUT2D eigenvalue weighted by atomic mass is 10.0. The van der Waals surface area contributed by atoms with Gasteiger partial charge in [-0.25, -0.2) is 0 Å². The SMILES string of the molecule is CCOc1ccc(/C=C/c2ccc(N(c3cccc(N(c4ccc(/C=C/c5ccc(OCC)cc5)cc4)c4ccc(C)cc4CC)c3)c3ccc(C)cc3CC)cc2)cc1. The maximum absolute atomic E-state index is 5.63. The Kier molecular flexibility index (Phi) is 13.6. The number of hydrogen-bond acceptors (Lipinski definition) is 4. The average Bonchev–Trinajstić information content (AvgIpc) is 3.28. The van der Waals surface area contributed by atoms with Crippen molar-refractivity contribution in [2.75, 3.05) is 23.0 Å². The molecule has 7 aromatic rings. The molecular formula is C56H56N2O2. The van der Waals surface area contributed by atoms with Crippen molar-refractivity contribution in [1.82, 2.24) is 0 Å². The summed E-state index contributed by atoms with van der Waals surface area (Å²) in [6.45, 7) is 14.2. The summed E-state index contributed by atoms with van der Waals surface area (Å²) in [6.07, 6.45) is 10.5. The van der Waals surface area contributed by atoms with Crippen LogP contribution >= 0.6 is 0 Å². The van der Waals surface area contributed by atoms with Crippen molar-refractivity contribution in [3.63, 3.8) is 0 Å². The van der Waals surface area contributed by atoms with E-state index in [9.17, 15) is 0 Å². The second-order valence-electron chi connectivity index (χ2n) is 15.0. The molecule has 0 aliphatic heterocycles. The molecule has 60 heavy (non-hydrogen) atoms. The van der Waals surface area contributed by atoms with Gasteiger partial charge < -0.3 is 19.3 Å². The zero-order valence-electron chi connectivity index (χ0n) is 35.9. The minimum Gasteiger partial charge on any atom is -0.494 e. The largest absolute Gasteiger partial charge is 0.494 e. The smallest absolute Gasteiger partial charge is 0.119 e. The molecule has 7 rings (SSSR count). The van der Waals surface area contributed by atoms with Gasteiger partial charge in [0.1, 0.15) is 11.5 Å². The topological polar surface area (TPSA) is 24.9 Å². The van der Waals surface area contributed by atoms with Gasteiger partial charge in [0, 0.05) is 34.1 Å². The number of benzene rings is 7. The summed E-state index contributed by atoms with van der Waals surface area (Å²) in [4.78, 5) is 4.81. The fourth-order valence-electron chi connectivity index (χ4n) is 7.59. The number of hydrogen-bond donors (Lipinski definition) is 0. The van der Waals surface area contributed by atoms with Gasteiger partial charge >= 0.3 is 0 Å². The summed E-state index contributed by atoms with van der Waals surface area (Å²) >= 11 is 0. The molecule has 302 valence electrons. The van der Waals surface area contributed by atoms with Gasteiger partial charge in [0.15, 0.2) is 0 Å². The minimum atomic E-state index is 0.662. The first kappa shape index (κ1) is 41.4. The molecule has 0 N–H and O–H groups in total. The molecule has 0 saturated carbocycles. The Labute approximate surface area is 357 Å². The van der Waals surface area contributed by atoms with Crippen LogP contribution in [0.25, 0.3) is 24.3 Å². The molecular weight excluding hydrogens is 733 g/mol. The van der Waals surface area contributed by atoms with Crippen LogP contribution in [0.2, 0.25) is 0 Å². The van der Waals surface area contributed by atoms with Crippen molar-refractivity contribution in [2.45, 2.75) is 54.4 Å². The van der Waals surface area contributed by atoms with Gasteiger partial charge in [0.25, 0.3) is 0 Å². The molecule has 0 aromatic heterocycles. The fraction of sp³-hybridized carbons (Fsp3) is 0.179. The van der Waals surface area contributed by atoms with Crippen LogP contribution in [0, 0.1) is 13.8 Å². The van der Waals surface area contributed by atoms with E-state index in [0.717, 1.165) is 69.3 Å². The molecule has 0 aliphatic rings. The van der Waals surface area contributed by atoms with E-state index in [1.807, 2.05) is 38.1 Å². The molecule has 0 aliphatic carbocycles. The molecule has 0 bridgehead atoms. The van der Waals surface area contributed by atoms with Crippen LogP contribution in [0.1, 0.15) is 72.2 Å². The van der Waals surface area contributed by atoms with E-state index < -0.39 is 0 Å². The van der Waals surface area contributed by atoms with Crippen molar-refractivity contribution < 1.29 is 9.47 Å². The summed E-state index contributed by atoms with van der Waals surface area (Å²) in [5.74, 6) is 1.78. The highest BCUT2D eigenvalue weighted by Gasteiger charge is 2.20. The predicted octanol–water partition coefficient (Wildman–Crippen LogP) is 15.5. The molecule has 0 unspecified atom stereocenters. The van der Waals surface area contributed by atoms with Crippen molar-refractivity contribution in [3.8, 4) is 11.5 Å². The third-order valence-corrected chi connectivity index (χ3v) is 10.7. The zero-order valence-corrected chi connectivity index (χ0v) is 35.9. The minimum absolute atomic E-state index is 0.662. The standard InChI is InChI=1S/C56H56N2O2/c1-7-47-38-41(5)14-36-55(47)57(49-28-20-43(21-29-49)16-18-45-24-32-53(33-25-45)59-9-3)51-12-11-13-52(40-51)58(56-37-15-42(6)39-48(56)8-2)50-30-22-44(23-31-50)17-19-46-26-34-54(35-27-46)60-10-4/h11-40H,7-10H2,1-6H3/b18-16+,19-17+. The van der Waals surface area contributed by atoms with E-state index in [-0.39, 0.29) is 0 Å². The van der Waals surface area contributed by atoms with Crippen LogP contribution in [-0.4, -0.2) is 13.2 Å². The maximum Gasteiger partial charge on any atom is 0.119 e. The monoisotopic (exact) mass is 788 g/mol. The Morgan fingerprint density at radius 1 is 0.383 bits per heavy atom. The molecule has 0 saturated heterocycles. The number of aryl methyl sites for hydroxylation is 4. The van der Waals surface area contributed by atoms with Gasteiger partial charge in [-0.2, -0.15) is 0 Å². The van der Waals surface area contributed by atoms with E-state index in [4.69, 9.17) is 9.47 Å². The van der Waals surface area contributed by atoms with Crippen molar-refractivity contribution in [1.29, 1.82) is 0 Å². The van der Waals surface area contributed by atoms with E-state index in [2.05, 4.69) is 195 Å². The normalized spacial score (nSPS) is 11.3. The van der Waals surface area contributed by atoms with E-state index in [1.54, 1.807) is 0 Å². The van der Waals surface area contributed by atoms with Gasteiger partial charge in [0.05, 0.1) is 13.2 Å². The van der Waals surface area contributed by atoms with Gasteiger partial charge in [0.2, 0.25) is 0 Å². The van der Waals surface area contributed by atoms with Crippen LogP contribution < -0.4 is 19.3 Å². The Morgan fingerprint density at radius 3 is 1.07 bits per heavy atom. The summed E-state index contributed by atoms with van der Waals surface area (Å²) in [5.41, 5.74) is 16.4. The average molecular weight is 789 g/mol. The van der Waals surface area contributed by atoms with Gasteiger partial charge in [-0.05, 0) is 153 Å². The summed E-state index contributed by atoms with van der Waals surface area (Å²) in [7, 11) is 0. The first-order chi connectivity index (χ1) is 29.3. The van der Waals surface area contributed by atoms with Gasteiger partial charge in [-0.1, -0.05) is 128 Å². The quantitative estimate of drug-likeness (QED) is 0.0911. The van der Waals surface area contributed by atoms with Gasteiger partial charge in [-0.15, -0.1) is 0 Å². The van der Waals surface area contributed by atoms with Crippen LogP contribution in [-0.2, 0) is 12.8 Å². The molecule has 0 radical (unpaired) electrons. The molecule has 4 heteroatoms. The van der Waals surface area contributed by atoms with Crippen LogP contribution in [0.5, 0.6) is 11.5 Å². The zero-order chi connectivity index (χ0) is 41.8. The predicted molar refractivity (Wildman–Crippen MR) is 257 cm³/mol. The number of rotatable bonds is 16. The number of nitrogens with zero attached hydrogens (tertiary/aromatic N) is 2.